The van der Waals surface area contributed by atoms with Gasteiger partial charge in [-0.15, -0.1) is 0 Å². The average molecular weight is 1070 g/mol. The standard InChI is InChI=1S/C44H108N2Si12.C5H12/c1-37(2)57(39(49(11,12)13)50(14,15)16,40(51(17,18)19)52(20,21)22)47(35-45-43(5,6)7)48(36-46-44(8,9)10)58(38(3)4,41(53(23,24)25)54(26,27)28)42(55(29,30)31)56(32,33)34;1-3-5-4-2/h37-42H,1-34H3;3-5H2,1-2H3. The first-order valence-corrected chi connectivity index (χ1v) is 65.0. The molecule has 0 spiro atoms. The van der Waals surface area contributed by atoms with E-state index < -0.39 is 94.7 Å². The summed E-state index contributed by atoms with van der Waals surface area (Å²) in [6.07, 6.45) is 4.08. The Labute approximate surface area is 413 Å². The molecule has 63 heavy (non-hydrogen) atoms. The lowest BCUT2D eigenvalue weighted by atomic mass is 10.1. The van der Waals surface area contributed by atoms with Gasteiger partial charge in [0.05, 0.1) is 41.1 Å². The Morgan fingerprint density at radius 2 is 0.508 bits per heavy atom. The molecule has 0 saturated carbocycles. The third kappa shape index (κ3) is 18.2. The summed E-state index contributed by atoms with van der Waals surface area (Å²) in [5.74, 6) is 0. The van der Waals surface area contributed by atoms with E-state index in [-0.39, 0.29) is 11.1 Å². The van der Waals surface area contributed by atoms with Crippen molar-refractivity contribution in [2.75, 3.05) is 0 Å². The van der Waals surface area contributed by atoms with E-state index in [1.54, 1.807) is 0 Å². The van der Waals surface area contributed by atoms with Crippen LogP contribution in [0.3, 0.4) is 0 Å². The third-order valence-electron chi connectivity index (χ3n) is 13.6. The molecule has 0 heterocycles. The summed E-state index contributed by atoms with van der Waals surface area (Å²) in [7, 11) is -21.5. The van der Waals surface area contributed by atoms with Crippen LogP contribution in [0.4, 0.5) is 0 Å². The molecule has 0 aromatic heterocycles. The second kappa shape index (κ2) is 22.9. The number of hydrogen-bond acceptors (Lipinski definition) is 2. The Morgan fingerprint density at radius 1 is 0.349 bits per heavy atom. The molecular weight excluding hydrogens is 954 g/mol. The Morgan fingerprint density at radius 3 is 0.587 bits per heavy atom. The minimum absolute atomic E-state index is 0.154. The van der Waals surface area contributed by atoms with E-state index in [0.717, 1.165) is 19.2 Å². The van der Waals surface area contributed by atoms with E-state index in [2.05, 4.69) is 240 Å². The van der Waals surface area contributed by atoms with Gasteiger partial charge >= 0.3 is 0 Å². The molecule has 0 amide bonds. The molecule has 0 fully saturated rings. The molecule has 0 N–H and O–H groups in total. The Bertz CT molecular complexity index is 1330. The normalized spacial score (nSPS) is 15.0. The van der Waals surface area contributed by atoms with Gasteiger partial charge in [-0.05, 0) is 41.5 Å². The zero-order valence-electron chi connectivity index (χ0n) is 50.5. The maximum absolute atomic E-state index is 5.91. The van der Waals surface area contributed by atoms with Gasteiger partial charge in [-0.25, -0.2) is 9.98 Å². The summed E-state index contributed by atoms with van der Waals surface area (Å²) in [5, 5.41) is 0. The van der Waals surface area contributed by atoms with Crippen molar-refractivity contribution in [3.8, 4) is 0 Å². The molecule has 0 bridgehead atoms. The molecule has 0 atom stereocenters. The monoisotopic (exact) mass is 1070 g/mol. The molecule has 0 aromatic carbocycles. The largest absolute Gasteiger partial charge is 0.246 e. The second-order valence-electron chi connectivity index (χ2n) is 31.7. The van der Waals surface area contributed by atoms with Gasteiger partial charge in [0.2, 0.25) is 0 Å². The predicted molar refractivity (Wildman–Crippen MR) is 335 cm³/mol. The SMILES string of the molecule is CC(C)[Si](C([Si](C)(C)C)[Si](C)(C)C)(C([Si](C)(C)C)[Si](C)(C)C)[Si](=C=NC(C)(C)C)[Si](=C=NC(C)(C)C)[Si](C(C)C)(C([Si](C)(C)C)[Si](C)(C)C)C([Si](C)(C)C)[Si](C)(C)C.CCCCC. The van der Waals surface area contributed by atoms with Crippen LogP contribution in [0.5, 0.6) is 0 Å². The first-order chi connectivity index (χ1) is 27.2. The summed E-state index contributed by atoms with van der Waals surface area (Å²) in [6.45, 7) is 98.3. The maximum Gasteiger partial charge on any atom is 0.0959 e. The zero-order valence-corrected chi connectivity index (χ0v) is 62.5. The molecule has 2 nitrogen and oxygen atoms in total. The summed E-state index contributed by atoms with van der Waals surface area (Å²) >= 11 is 0. The Hall–Kier alpha value is 1.76. The molecule has 374 valence electrons. The van der Waals surface area contributed by atoms with Gasteiger partial charge in [-0.2, -0.15) is 0 Å². The van der Waals surface area contributed by atoms with Crippen molar-refractivity contribution >= 4 is 106 Å². The predicted octanol–water partition coefficient (Wildman–Crippen LogP) is 18.2. The summed E-state index contributed by atoms with van der Waals surface area (Å²) in [5.41, 5.74) is 10.6. The van der Waals surface area contributed by atoms with Crippen LogP contribution in [-0.4, -0.2) is 117 Å². The second-order valence-corrected chi connectivity index (χ2v) is 106. The Balaban J connectivity index is 0. The highest BCUT2D eigenvalue weighted by Crippen LogP contribution is 2.60. The molecule has 0 saturated heterocycles. The summed E-state index contributed by atoms with van der Waals surface area (Å²) in [6, 6.07) is 0. The minimum atomic E-state index is -2.38. The highest BCUT2D eigenvalue weighted by Gasteiger charge is 2.71. The van der Waals surface area contributed by atoms with Gasteiger partial charge < -0.3 is 0 Å². The van der Waals surface area contributed by atoms with Crippen molar-refractivity contribution in [3.05, 3.63) is 0 Å². The molecule has 14 heteroatoms. The van der Waals surface area contributed by atoms with Crippen molar-refractivity contribution in [3.63, 3.8) is 0 Å². The highest BCUT2D eigenvalue weighted by molar-refractivity contribution is 7.76. The van der Waals surface area contributed by atoms with Crippen LogP contribution in [0.15, 0.2) is 9.98 Å². The van der Waals surface area contributed by atoms with Crippen LogP contribution >= 0.6 is 0 Å². The number of nitrogens with zero attached hydrogens (tertiary/aromatic N) is 2. The van der Waals surface area contributed by atoms with E-state index >= 15 is 0 Å². The van der Waals surface area contributed by atoms with E-state index in [9.17, 15) is 0 Å². The maximum atomic E-state index is 5.91. The molecule has 0 radical (unpaired) electrons. The van der Waals surface area contributed by atoms with E-state index in [0.29, 0.717) is 11.1 Å². The van der Waals surface area contributed by atoms with Gasteiger partial charge in [-0.1, -0.05) is 259 Å². The van der Waals surface area contributed by atoms with E-state index in [1.165, 1.54) is 19.3 Å². The van der Waals surface area contributed by atoms with Crippen molar-refractivity contribution in [1.82, 2.24) is 0 Å². The van der Waals surface area contributed by atoms with Gasteiger partial charge in [0.15, 0.2) is 0 Å². The van der Waals surface area contributed by atoms with E-state index in [1.807, 2.05) is 0 Å². The van der Waals surface area contributed by atoms with Gasteiger partial charge in [0.25, 0.3) is 0 Å². The minimum Gasteiger partial charge on any atom is -0.246 e. The van der Waals surface area contributed by atoms with Crippen LogP contribution in [0.2, 0.25) is 187 Å². The molecule has 0 aliphatic rings. The summed E-state index contributed by atoms with van der Waals surface area (Å²) < 4.78 is 0. The Kier molecular flexibility index (Phi) is 24.3. The van der Waals surface area contributed by atoms with E-state index in [4.69, 9.17) is 20.9 Å². The van der Waals surface area contributed by atoms with Crippen LogP contribution in [0, 0.1) is 0 Å². The summed E-state index contributed by atoms with van der Waals surface area (Å²) in [4.78, 5) is 15.4. The fourth-order valence-electron chi connectivity index (χ4n) is 15.3. The lowest BCUT2D eigenvalue weighted by molar-refractivity contribution is 0.587. The highest BCUT2D eigenvalue weighted by atomic mass is 29.8. The lowest BCUT2D eigenvalue weighted by Crippen LogP contribution is -2.82. The lowest BCUT2D eigenvalue weighted by Gasteiger charge is -2.65. The first-order valence-electron chi connectivity index (χ1n) is 25.9. The third-order valence-corrected chi connectivity index (χ3v) is 127. The van der Waals surface area contributed by atoms with Crippen LogP contribution in [0.25, 0.3) is 0 Å². The fourth-order valence-corrected chi connectivity index (χ4v) is 222. The van der Waals surface area contributed by atoms with Crippen LogP contribution in [-0.2, 0) is 0 Å². The first kappa shape index (κ1) is 66.8. The molecule has 0 aliphatic carbocycles. The smallest absolute Gasteiger partial charge is 0.0959 e. The van der Waals surface area contributed by atoms with Gasteiger partial charge in [0.1, 0.15) is 0 Å². The van der Waals surface area contributed by atoms with Gasteiger partial charge in [-0.3, -0.25) is 0 Å². The average Bonchev–Trinajstić information content (AvgIpc) is 2.91. The van der Waals surface area contributed by atoms with Crippen molar-refractivity contribution in [1.29, 1.82) is 0 Å². The number of unbranched alkanes of at least 4 members (excludes halogenated alkanes) is 2. The molecular formula is C49H120N2Si12. The zero-order chi connectivity index (χ0) is 51.6. The van der Waals surface area contributed by atoms with Crippen molar-refractivity contribution < 1.29 is 0 Å². The molecule has 0 aliphatic heterocycles. The van der Waals surface area contributed by atoms with Crippen molar-refractivity contribution in [2.24, 2.45) is 9.98 Å². The quantitative estimate of drug-likeness (QED) is 0.0910. The number of hydrogen-bond donors (Lipinski definition) is 0. The molecule has 0 unspecified atom stereocenters. The molecule has 0 rings (SSSR count). The van der Waals surface area contributed by atoms with Gasteiger partial charge in [0, 0.05) is 64.6 Å². The van der Waals surface area contributed by atoms with Crippen LogP contribution < -0.4 is 0 Å². The van der Waals surface area contributed by atoms with Crippen molar-refractivity contribution in [2.45, 2.75) is 301 Å². The molecule has 0 aromatic rings. The number of rotatable bonds is 19. The topological polar surface area (TPSA) is 24.7 Å². The fraction of sp³-hybridized carbons (Fsp3) is 0.959. The van der Waals surface area contributed by atoms with Crippen LogP contribution in [0.1, 0.15) is 102 Å². The number of aliphatic imine (C=N–C) groups is 2.